The molecule has 1 fully saturated rings. The van der Waals surface area contributed by atoms with Crippen molar-refractivity contribution in [2.45, 2.75) is 32.6 Å². The fourth-order valence-electron chi connectivity index (χ4n) is 2.59. The molecule has 0 saturated carbocycles. The van der Waals surface area contributed by atoms with Crippen molar-refractivity contribution in [2.24, 2.45) is 0 Å². The number of imide groups is 1. The third-order valence-electron chi connectivity index (χ3n) is 4.17. The van der Waals surface area contributed by atoms with Gasteiger partial charge in [-0.15, -0.1) is 0 Å². The molecular weight excluding hydrogens is 366 g/mol. The van der Waals surface area contributed by atoms with E-state index in [-0.39, 0.29) is 42.5 Å². The summed E-state index contributed by atoms with van der Waals surface area (Å²) in [5, 5.41) is 3.25. The molecule has 0 radical (unpaired) electrons. The summed E-state index contributed by atoms with van der Waals surface area (Å²) in [5.74, 6) is -0.0633. The van der Waals surface area contributed by atoms with E-state index in [1.807, 2.05) is 24.3 Å². The first kappa shape index (κ1) is 20.6. The van der Waals surface area contributed by atoms with Crippen LogP contribution in [-0.4, -0.2) is 52.9 Å². The van der Waals surface area contributed by atoms with Crippen molar-refractivity contribution in [1.82, 2.24) is 20.7 Å². The van der Waals surface area contributed by atoms with Crippen LogP contribution in [0.4, 0.5) is 10.5 Å². The van der Waals surface area contributed by atoms with Crippen molar-refractivity contribution >= 4 is 40.9 Å². The lowest BCUT2D eigenvalue weighted by Crippen LogP contribution is -2.44. The molecule has 0 spiro atoms. The minimum Gasteiger partial charge on any atom is -0.331 e. The summed E-state index contributed by atoms with van der Waals surface area (Å²) in [5.41, 5.74) is 7.18. The predicted molar refractivity (Wildman–Crippen MR) is 107 cm³/mol. The molecule has 0 atom stereocenters. The Kier molecular flexibility index (Phi) is 7.12. The molecule has 3 N–H and O–H groups in total. The van der Waals surface area contributed by atoms with E-state index >= 15 is 0 Å². The number of nitrogens with one attached hydrogen (secondary N) is 3. The summed E-state index contributed by atoms with van der Waals surface area (Å²) in [6, 6.07) is 7.56. The average Bonchev–Trinajstić information content (AvgIpc) is 2.86. The maximum absolute atomic E-state index is 11.9. The lowest BCUT2D eigenvalue weighted by molar-refractivity contribution is -0.126. The molecule has 9 heteroatoms. The molecule has 0 unspecified atom stereocenters. The molecule has 1 aliphatic rings. The van der Waals surface area contributed by atoms with Crippen molar-refractivity contribution < 1.29 is 14.4 Å². The quantitative estimate of drug-likeness (QED) is 0.389. The first-order valence-corrected chi connectivity index (χ1v) is 9.20. The number of anilines is 1. The molecule has 1 aromatic rings. The number of carbonyl (C=O) groups excluding carboxylic acids is 3. The third-order valence-corrected chi connectivity index (χ3v) is 4.37. The van der Waals surface area contributed by atoms with E-state index in [2.05, 4.69) is 30.0 Å². The molecule has 146 valence electrons. The number of likely N-dealkylation sites (N-methyl/N-ethyl adjacent to an activating group) is 1. The molecule has 1 aromatic carbocycles. The molecule has 8 nitrogen and oxygen atoms in total. The Balaban J connectivity index is 1.67. The van der Waals surface area contributed by atoms with Crippen LogP contribution in [0.3, 0.4) is 0 Å². The first-order chi connectivity index (χ1) is 12.8. The number of carbonyl (C=O) groups is 3. The highest BCUT2D eigenvalue weighted by atomic mass is 32.1. The zero-order chi connectivity index (χ0) is 20.0. The number of urea groups is 1. The summed E-state index contributed by atoms with van der Waals surface area (Å²) in [6.45, 7) is 4.56. The number of benzene rings is 1. The molecule has 1 heterocycles. The molecule has 4 amide bonds. The van der Waals surface area contributed by atoms with Crippen molar-refractivity contribution in [3.05, 3.63) is 29.8 Å². The maximum Gasteiger partial charge on any atom is 0.326 e. The molecule has 0 bridgehead atoms. The van der Waals surface area contributed by atoms with Crippen LogP contribution in [0.1, 0.15) is 38.2 Å². The highest BCUT2D eigenvalue weighted by Gasteiger charge is 2.32. The van der Waals surface area contributed by atoms with Crippen LogP contribution in [-0.2, 0) is 9.59 Å². The van der Waals surface area contributed by atoms with Gasteiger partial charge in [-0.1, -0.05) is 26.0 Å². The van der Waals surface area contributed by atoms with Crippen LogP contribution < -0.4 is 16.2 Å². The second kappa shape index (κ2) is 9.31. The SMILES string of the molecule is CC(C)c1ccc(NC(=S)NNC(=O)CCCN2C(=O)CN(C)C2=O)cc1. The Labute approximate surface area is 164 Å². The van der Waals surface area contributed by atoms with Crippen LogP contribution in [0, 0.1) is 0 Å². The molecule has 2 rings (SSSR count). The minimum absolute atomic E-state index is 0.0880. The van der Waals surface area contributed by atoms with E-state index in [9.17, 15) is 14.4 Å². The van der Waals surface area contributed by atoms with E-state index in [0.717, 1.165) is 10.6 Å². The van der Waals surface area contributed by atoms with Crippen LogP contribution in [0.25, 0.3) is 0 Å². The molecular formula is C18H25N5O3S. The average molecular weight is 391 g/mol. The lowest BCUT2D eigenvalue weighted by Gasteiger charge is -2.14. The fraction of sp³-hybridized carbons (Fsp3) is 0.444. The number of hydrogen-bond donors (Lipinski definition) is 3. The van der Waals surface area contributed by atoms with Crippen LogP contribution in [0.5, 0.6) is 0 Å². The molecule has 1 aliphatic heterocycles. The van der Waals surface area contributed by atoms with Gasteiger partial charge in [0.15, 0.2) is 5.11 Å². The molecule has 27 heavy (non-hydrogen) atoms. The summed E-state index contributed by atoms with van der Waals surface area (Å²) < 4.78 is 0. The van der Waals surface area contributed by atoms with Crippen molar-refractivity contribution in [3.8, 4) is 0 Å². The van der Waals surface area contributed by atoms with Crippen molar-refractivity contribution in [1.29, 1.82) is 0 Å². The first-order valence-electron chi connectivity index (χ1n) is 8.79. The molecule has 0 aliphatic carbocycles. The predicted octanol–water partition coefficient (Wildman–Crippen LogP) is 1.80. The number of thiocarbonyl (C=S) groups is 1. The van der Waals surface area contributed by atoms with Gasteiger partial charge in [-0.2, -0.15) is 0 Å². The Hall–Kier alpha value is -2.68. The normalized spacial score (nSPS) is 13.9. The monoisotopic (exact) mass is 391 g/mol. The summed E-state index contributed by atoms with van der Waals surface area (Å²) in [4.78, 5) is 37.7. The number of amides is 4. The molecule has 0 aromatic heterocycles. The number of hydrazine groups is 1. The second-order valence-corrected chi connectivity index (χ2v) is 7.10. The fourth-order valence-corrected chi connectivity index (χ4v) is 2.76. The van der Waals surface area contributed by atoms with E-state index in [4.69, 9.17) is 12.2 Å². The molecule has 1 saturated heterocycles. The topological polar surface area (TPSA) is 93.8 Å². The zero-order valence-corrected chi connectivity index (χ0v) is 16.6. The Morgan fingerprint density at radius 2 is 1.85 bits per heavy atom. The minimum atomic E-state index is -0.326. The van der Waals surface area contributed by atoms with Gasteiger partial charge in [0.25, 0.3) is 0 Å². The standard InChI is InChI=1S/C18H25N5O3S/c1-12(2)13-6-8-14(9-7-13)19-17(27)21-20-15(24)5-4-10-23-16(25)11-22(3)18(23)26/h6-9,12H,4-5,10-11H2,1-3H3,(H,20,24)(H2,19,21,27). The van der Waals surface area contributed by atoms with Gasteiger partial charge in [-0.3, -0.25) is 25.3 Å². The van der Waals surface area contributed by atoms with Crippen LogP contribution in [0.15, 0.2) is 24.3 Å². The zero-order valence-electron chi connectivity index (χ0n) is 15.7. The highest BCUT2D eigenvalue weighted by Crippen LogP contribution is 2.17. The Morgan fingerprint density at radius 1 is 1.19 bits per heavy atom. The van der Waals surface area contributed by atoms with Gasteiger partial charge >= 0.3 is 6.03 Å². The third kappa shape index (κ3) is 5.92. The van der Waals surface area contributed by atoms with Gasteiger partial charge in [0.1, 0.15) is 6.54 Å². The lowest BCUT2D eigenvalue weighted by atomic mass is 10.0. The van der Waals surface area contributed by atoms with Crippen LogP contribution in [0.2, 0.25) is 0 Å². The van der Waals surface area contributed by atoms with Gasteiger partial charge in [0, 0.05) is 25.7 Å². The second-order valence-electron chi connectivity index (χ2n) is 6.69. The number of nitrogens with zero attached hydrogens (tertiary/aromatic N) is 2. The Morgan fingerprint density at radius 3 is 2.41 bits per heavy atom. The van der Waals surface area contributed by atoms with Gasteiger partial charge in [-0.05, 0) is 42.3 Å². The van der Waals surface area contributed by atoms with E-state index < -0.39 is 0 Å². The van der Waals surface area contributed by atoms with Gasteiger partial charge in [0.2, 0.25) is 11.8 Å². The Bertz CT molecular complexity index is 720. The number of rotatable bonds is 6. The summed E-state index contributed by atoms with van der Waals surface area (Å²) in [6.07, 6.45) is 0.551. The van der Waals surface area contributed by atoms with E-state index in [1.165, 1.54) is 10.5 Å². The highest BCUT2D eigenvalue weighted by molar-refractivity contribution is 7.80. The van der Waals surface area contributed by atoms with Crippen LogP contribution >= 0.6 is 12.2 Å². The van der Waals surface area contributed by atoms with Crippen molar-refractivity contribution in [2.75, 3.05) is 25.5 Å². The van der Waals surface area contributed by atoms with Gasteiger partial charge < -0.3 is 10.2 Å². The van der Waals surface area contributed by atoms with E-state index in [1.54, 1.807) is 7.05 Å². The van der Waals surface area contributed by atoms with Gasteiger partial charge in [-0.25, -0.2) is 4.79 Å². The smallest absolute Gasteiger partial charge is 0.326 e. The van der Waals surface area contributed by atoms with E-state index in [0.29, 0.717) is 12.3 Å². The maximum atomic E-state index is 11.9. The number of hydrogen-bond acceptors (Lipinski definition) is 4. The summed E-state index contributed by atoms with van der Waals surface area (Å²) in [7, 11) is 1.57. The van der Waals surface area contributed by atoms with Gasteiger partial charge in [0.05, 0.1) is 0 Å². The van der Waals surface area contributed by atoms with Crippen molar-refractivity contribution in [3.63, 3.8) is 0 Å². The largest absolute Gasteiger partial charge is 0.331 e. The summed E-state index contributed by atoms with van der Waals surface area (Å²) >= 11 is 5.14.